The summed E-state index contributed by atoms with van der Waals surface area (Å²) in [6, 6.07) is 13.4. The molecule has 0 heterocycles. The van der Waals surface area contributed by atoms with Crippen LogP contribution in [0.5, 0.6) is 0 Å². The molecule has 3 nitrogen and oxygen atoms in total. The Balaban J connectivity index is 1.87. The van der Waals surface area contributed by atoms with Gasteiger partial charge >= 0.3 is 0 Å². The summed E-state index contributed by atoms with van der Waals surface area (Å²) in [5.41, 5.74) is 3.10. The second-order valence-corrected chi connectivity index (χ2v) is 6.76. The lowest BCUT2D eigenvalue weighted by atomic mass is 10.1. The molecule has 5 heteroatoms. The minimum atomic E-state index is -0.164. The van der Waals surface area contributed by atoms with Gasteiger partial charge in [-0.25, -0.2) is 0 Å². The van der Waals surface area contributed by atoms with Crippen LogP contribution in [-0.4, -0.2) is 20.0 Å². The van der Waals surface area contributed by atoms with E-state index in [-0.39, 0.29) is 5.91 Å². The van der Waals surface area contributed by atoms with Crippen molar-refractivity contribution in [1.29, 1.82) is 0 Å². The van der Waals surface area contributed by atoms with Gasteiger partial charge in [-0.05, 0) is 29.3 Å². The molecule has 1 amide bonds. The van der Waals surface area contributed by atoms with Gasteiger partial charge in [0, 0.05) is 28.2 Å². The molecule has 0 saturated carbocycles. The molecule has 0 saturated heterocycles. The van der Waals surface area contributed by atoms with E-state index in [0.29, 0.717) is 16.6 Å². The number of nitrogens with one attached hydrogen (secondary N) is 2. The molecule has 2 rings (SSSR count). The second-order valence-electron chi connectivity index (χ2n) is 5.92. The van der Waals surface area contributed by atoms with Crippen molar-refractivity contribution in [3.05, 3.63) is 75.3 Å². The van der Waals surface area contributed by atoms with Crippen LogP contribution in [-0.2, 0) is 17.9 Å². The van der Waals surface area contributed by atoms with Crippen molar-refractivity contribution in [3.63, 3.8) is 0 Å². The van der Waals surface area contributed by atoms with Gasteiger partial charge in [0.1, 0.15) is 6.54 Å². The van der Waals surface area contributed by atoms with Crippen LogP contribution in [0.1, 0.15) is 16.7 Å². The third-order valence-electron chi connectivity index (χ3n) is 3.42. The predicted octanol–water partition coefficient (Wildman–Crippen LogP) is 2.97. The molecular formula is C19H21Cl2N2O+. The van der Waals surface area contributed by atoms with Gasteiger partial charge in [0.15, 0.2) is 0 Å². The molecule has 2 aromatic carbocycles. The Morgan fingerprint density at radius 3 is 2.38 bits per heavy atom. The van der Waals surface area contributed by atoms with E-state index < -0.39 is 0 Å². The topological polar surface area (TPSA) is 33.5 Å². The smallest absolute Gasteiger partial charge is 0.244 e. The number of carbonyl (C=O) groups excluding carboxylic acids is 1. The molecule has 0 radical (unpaired) electrons. The summed E-state index contributed by atoms with van der Waals surface area (Å²) in [4.78, 5) is 13.3. The zero-order valence-corrected chi connectivity index (χ0v) is 15.3. The fourth-order valence-corrected chi connectivity index (χ4v) is 2.70. The highest BCUT2D eigenvalue weighted by atomic mass is 35.5. The lowest BCUT2D eigenvalue weighted by molar-refractivity contribution is -0.872. The highest BCUT2D eigenvalue weighted by molar-refractivity contribution is 6.35. The maximum Gasteiger partial charge on any atom is 0.244 e. The van der Waals surface area contributed by atoms with Crippen molar-refractivity contribution in [2.75, 3.05) is 14.1 Å². The minimum Gasteiger partial charge on any atom is -0.348 e. The van der Waals surface area contributed by atoms with Crippen LogP contribution in [0.25, 0.3) is 6.08 Å². The van der Waals surface area contributed by atoms with Crippen molar-refractivity contribution in [2.24, 2.45) is 0 Å². The molecule has 0 unspecified atom stereocenters. The van der Waals surface area contributed by atoms with Crippen LogP contribution in [0.2, 0.25) is 10.0 Å². The van der Waals surface area contributed by atoms with E-state index in [1.807, 2.05) is 12.1 Å². The number of halogens is 2. The van der Waals surface area contributed by atoms with Crippen LogP contribution in [0.15, 0.2) is 48.5 Å². The molecule has 24 heavy (non-hydrogen) atoms. The molecule has 0 aromatic heterocycles. The average Bonchev–Trinajstić information content (AvgIpc) is 2.53. The summed E-state index contributed by atoms with van der Waals surface area (Å²) in [6.45, 7) is 1.48. The maximum atomic E-state index is 11.9. The first-order valence-corrected chi connectivity index (χ1v) is 8.47. The van der Waals surface area contributed by atoms with Crippen molar-refractivity contribution in [1.82, 2.24) is 5.32 Å². The van der Waals surface area contributed by atoms with E-state index in [9.17, 15) is 4.79 Å². The molecule has 0 fully saturated rings. The van der Waals surface area contributed by atoms with E-state index in [4.69, 9.17) is 23.2 Å². The molecule has 126 valence electrons. The van der Waals surface area contributed by atoms with Crippen LogP contribution >= 0.6 is 23.2 Å². The molecule has 0 aliphatic rings. The SMILES string of the molecule is C[NH+](C)Cc1ccc(CNC(=O)/C=C/c2ccc(Cl)cc2Cl)cc1. The summed E-state index contributed by atoms with van der Waals surface area (Å²) in [5, 5.41) is 3.95. The van der Waals surface area contributed by atoms with Gasteiger partial charge in [-0.1, -0.05) is 53.5 Å². The zero-order chi connectivity index (χ0) is 17.5. The standard InChI is InChI=1S/C19H20Cl2N2O/c1-23(2)13-15-5-3-14(4-6-15)12-22-19(24)10-8-16-7-9-17(20)11-18(16)21/h3-11H,12-13H2,1-2H3,(H,22,24)/p+1/b10-8+. The fourth-order valence-electron chi connectivity index (χ4n) is 2.23. The monoisotopic (exact) mass is 363 g/mol. The van der Waals surface area contributed by atoms with Crippen molar-refractivity contribution in [2.45, 2.75) is 13.1 Å². The Labute approximate surface area is 152 Å². The van der Waals surface area contributed by atoms with E-state index in [1.54, 1.807) is 24.3 Å². The van der Waals surface area contributed by atoms with Crippen LogP contribution in [0.3, 0.4) is 0 Å². The molecule has 0 atom stereocenters. The quantitative estimate of drug-likeness (QED) is 0.760. The first-order valence-electron chi connectivity index (χ1n) is 7.72. The summed E-state index contributed by atoms with van der Waals surface area (Å²) in [5.74, 6) is -0.164. The maximum absolute atomic E-state index is 11.9. The molecule has 0 bridgehead atoms. The first kappa shape index (κ1) is 18.5. The Hall–Kier alpha value is -1.81. The van der Waals surface area contributed by atoms with Crippen LogP contribution < -0.4 is 10.2 Å². The van der Waals surface area contributed by atoms with Crippen LogP contribution in [0, 0.1) is 0 Å². The first-order chi connectivity index (χ1) is 11.4. The third kappa shape index (κ3) is 6.00. The summed E-state index contributed by atoms with van der Waals surface area (Å²) in [6.07, 6.45) is 3.15. The Morgan fingerprint density at radius 1 is 1.08 bits per heavy atom. The Bertz CT molecular complexity index is 725. The Kier molecular flexibility index (Phi) is 6.85. The molecule has 0 spiro atoms. The van der Waals surface area contributed by atoms with Gasteiger partial charge in [0.2, 0.25) is 5.91 Å². The molecular weight excluding hydrogens is 343 g/mol. The van der Waals surface area contributed by atoms with E-state index >= 15 is 0 Å². The number of hydrogen-bond acceptors (Lipinski definition) is 1. The van der Waals surface area contributed by atoms with Gasteiger partial charge in [-0.2, -0.15) is 0 Å². The number of rotatable bonds is 6. The number of hydrogen-bond donors (Lipinski definition) is 2. The number of carbonyl (C=O) groups is 1. The largest absolute Gasteiger partial charge is 0.348 e. The fraction of sp³-hybridized carbons (Fsp3) is 0.211. The van der Waals surface area contributed by atoms with Crippen LogP contribution in [0.4, 0.5) is 0 Å². The highest BCUT2D eigenvalue weighted by Crippen LogP contribution is 2.21. The van der Waals surface area contributed by atoms with Crippen molar-refractivity contribution < 1.29 is 9.69 Å². The molecule has 0 aliphatic heterocycles. The predicted molar refractivity (Wildman–Crippen MR) is 100 cm³/mol. The van der Waals surface area contributed by atoms with Gasteiger partial charge < -0.3 is 10.2 Å². The highest BCUT2D eigenvalue weighted by Gasteiger charge is 2.01. The number of benzene rings is 2. The normalized spacial score (nSPS) is 11.2. The number of quaternary nitrogens is 1. The summed E-state index contributed by atoms with van der Waals surface area (Å²) >= 11 is 11.9. The lowest BCUT2D eigenvalue weighted by Gasteiger charge is -2.08. The average molecular weight is 364 g/mol. The minimum absolute atomic E-state index is 0.164. The van der Waals surface area contributed by atoms with Gasteiger partial charge in [0.05, 0.1) is 14.1 Å². The second kappa shape index (κ2) is 8.88. The van der Waals surface area contributed by atoms with Gasteiger partial charge in [-0.15, -0.1) is 0 Å². The Morgan fingerprint density at radius 2 is 1.75 bits per heavy atom. The van der Waals surface area contributed by atoms with E-state index in [0.717, 1.165) is 17.7 Å². The van der Waals surface area contributed by atoms with Crippen molar-refractivity contribution >= 4 is 35.2 Å². The molecule has 2 N–H and O–H groups in total. The molecule has 2 aromatic rings. The lowest BCUT2D eigenvalue weighted by Crippen LogP contribution is -3.04. The summed E-state index contributed by atoms with van der Waals surface area (Å²) in [7, 11) is 4.24. The van der Waals surface area contributed by atoms with E-state index in [2.05, 4.69) is 31.5 Å². The number of amides is 1. The third-order valence-corrected chi connectivity index (χ3v) is 3.99. The summed E-state index contributed by atoms with van der Waals surface area (Å²) < 4.78 is 0. The van der Waals surface area contributed by atoms with E-state index in [1.165, 1.54) is 16.5 Å². The van der Waals surface area contributed by atoms with Gasteiger partial charge in [-0.3, -0.25) is 4.79 Å². The van der Waals surface area contributed by atoms with Crippen molar-refractivity contribution in [3.8, 4) is 0 Å². The molecule has 0 aliphatic carbocycles. The van der Waals surface area contributed by atoms with Gasteiger partial charge in [0.25, 0.3) is 0 Å². The zero-order valence-electron chi connectivity index (χ0n) is 13.8.